The van der Waals surface area contributed by atoms with Crippen molar-refractivity contribution in [3.8, 4) is 22.5 Å². The SMILES string of the molecule is CC(C)(C)c1ccnc(-c2[c-]cccc2)c1.[2H]C([2H])([2H])c1cnc(-c2[c-]ccc3c2oc2c3ccc3ccc4c(C5([2H])CCCCC5)cccc4c32)cc1C(C)(C)C.[Ir]. The van der Waals surface area contributed by atoms with Crippen LogP contribution in [0.5, 0.6) is 0 Å². The van der Waals surface area contributed by atoms with E-state index in [0.717, 1.165) is 86.0 Å². The molecule has 0 aliphatic heterocycles. The molecule has 55 heavy (non-hydrogen) atoms. The van der Waals surface area contributed by atoms with Crippen LogP contribution in [0, 0.1) is 19.0 Å². The fourth-order valence-electron chi connectivity index (χ4n) is 7.93. The van der Waals surface area contributed by atoms with Gasteiger partial charge in [-0.05, 0) is 92.3 Å². The minimum atomic E-state index is -2.25. The summed E-state index contributed by atoms with van der Waals surface area (Å²) in [5.74, 6) is -0.563. The maximum absolute atomic E-state index is 9.37. The van der Waals surface area contributed by atoms with Crippen LogP contribution in [0.3, 0.4) is 0 Å². The second-order valence-corrected chi connectivity index (χ2v) is 16.7. The van der Waals surface area contributed by atoms with Gasteiger partial charge in [0.1, 0.15) is 5.58 Å². The van der Waals surface area contributed by atoms with Crippen molar-refractivity contribution < 1.29 is 30.0 Å². The Morgan fingerprint density at radius 3 is 2.22 bits per heavy atom. The first-order valence-corrected chi connectivity index (χ1v) is 19.2. The number of hydrogen-bond donors (Lipinski definition) is 0. The number of fused-ring (bicyclic) bond motifs is 7. The van der Waals surface area contributed by atoms with Gasteiger partial charge in [0.15, 0.2) is 0 Å². The second kappa shape index (κ2) is 15.5. The fraction of sp³-hybridized carbons (Fsp3) is 0.294. The number of furan rings is 1. The molecule has 3 nitrogen and oxygen atoms in total. The van der Waals surface area contributed by atoms with Crippen LogP contribution >= 0.6 is 0 Å². The summed E-state index contributed by atoms with van der Waals surface area (Å²) in [7, 11) is 0. The molecule has 3 heterocycles. The molecule has 9 rings (SSSR count). The van der Waals surface area contributed by atoms with Crippen LogP contribution in [0.2, 0.25) is 0 Å². The molecule has 1 aliphatic rings. The number of aromatic nitrogens is 2. The van der Waals surface area contributed by atoms with Gasteiger partial charge in [-0.15, -0.1) is 54.1 Å². The number of pyridine rings is 2. The normalized spacial score (nSPS) is 15.7. The van der Waals surface area contributed by atoms with Crippen LogP contribution in [0.25, 0.3) is 66.0 Å². The molecule has 0 N–H and O–H groups in total. The quantitative estimate of drug-likeness (QED) is 0.131. The Labute approximate surface area is 345 Å². The molecule has 8 aromatic rings. The molecule has 5 aromatic carbocycles. The number of benzene rings is 5. The number of nitrogens with zero attached hydrogens (tertiary/aromatic N) is 2. The first kappa shape index (κ1) is 33.7. The Morgan fingerprint density at radius 2 is 1.49 bits per heavy atom. The van der Waals surface area contributed by atoms with Crippen LogP contribution in [-0.2, 0) is 30.9 Å². The summed E-state index contributed by atoms with van der Waals surface area (Å²) in [4.78, 5) is 9.01. The van der Waals surface area contributed by atoms with Crippen molar-refractivity contribution in [3.63, 3.8) is 0 Å². The number of hydrogen-bond acceptors (Lipinski definition) is 3. The molecule has 4 heteroatoms. The number of rotatable bonds is 3. The fourth-order valence-corrected chi connectivity index (χ4v) is 7.93. The van der Waals surface area contributed by atoms with E-state index in [2.05, 4.69) is 97.5 Å². The molecule has 1 saturated carbocycles. The molecular formula is C51H50IrN2O-2. The molecule has 1 radical (unpaired) electrons. The first-order chi connectivity index (χ1) is 27.5. The van der Waals surface area contributed by atoms with Crippen molar-refractivity contribution in [1.29, 1.82) is 0 Å². The number of aryl methyl sites for hydroxylation is 1. The zero-order valence-electron chi connectivity index (χ0n) is 36.6. The summed E-state index contributed by atoms with van der Waals surface area (Å²) < 4.78 is 40.3. The minimum Gasteiger partial charge on any atom is -0.500 e. The van der Waals surface area contributed by atoms with Crippen molar-refractivity contribution in [2.24, 2.45) is 0 Å². The van der Waals surface area contributed by atoms with Gasteiger partial charge in [0.05, 0.1) is 5.58 Å². The average molecular weight is 903 g/mol. The third-order valence-electron chi connectivity index (χ3n) is 10.9. The van der Waals surface area contributed by atoms with Crippen LogP contribution in [0.4, 0.5) is 0 Å². The van der Waals surface area contributed by atoms with Gasteiger partial charge in [0, 0.05) is 48.8 Å². The monoisotopic (exact) mass is 903 g/mol. The van der Waals surface area contributed by atoms with Gasteiger partial charge < -0.3 is 14.4 Å². The topological polar surface area (TPSA) is 38.9 Å². The van der Waals surface area contributed by atoms with Crippen molar-refractivity contribution >= 4 is 43.5 Å². The zero-order valence-corrected chi connectivity index (χ0v) is 35.0. The first-order valence-electron chi connectivity index (χ1n) is 21.2. The van der Waals surface area contributed by atoms with Crippen LogP contribution in [-0.4, -0.2) is 9.97 Å². The summed E-state index contributed by atoms with van der Waals surface area (Å²) in [6.45, 7) is 10.4. The Balaban J connectivity index is 0.000000262. The average Bonchev–Trinajstić information content (AvgIpc) is 3.59. The molecule has 0 saturated heterocycles. The van der Waals surface area contributed by atoms with E-state index in [9.17, 15) is 1.37 Å². The van der Waals surface area contributed by atoms with E-state index in [1.54, 1.807) is 0 Å². The molecule has 0 spiro atoms. The van der Waals surface area contributed by atoms with Crippen molar-refractivity contribution in [1.82, 2.24) is 9.97 Å². The van der Waals surface area contributed by atoms with Gasteiger partial charge >= 0.3 is 0 Å². The van der Waals surface area contributed by atoms with Gasteiger partial charge in [-0.25, -0.2) is 0 Å². The Kier molecular flexibility index (Phi) is 9.48. The maximum Gasteiger partial charge on any atom is 0.129 e. The van der Waals surface area contributed by atoms with E-state index in [4.69, 9.17) is 8.53 Å². The molecule has 0 bridgehead atoms. The van der Waals surface area contributed by atoms with Gasteiger partial charge in [0.2, 0.25) is 0 Å². The van der Waals surface area contributed by atoms with E-state index < -0.39 is 12.7 Å². The van der Waals surface area contributed by atoms with E-state index in [0.29, 0.717) is 16.8 Å². The van der Waals surface area contributed by atoms with Crippen LogP contribution in [0.15, 0.2) is 114 Å². The van der Waals surface area contributed by atoms with Crippen molar-refractivity contribution in [2.75, 3.05) is 0 Å². The predicted molar refractivity (Wildman–Crippen MR) is 227 cm³/mol. The Morgan fingerprint density at radius 1 is 0.709 bits per heavy atom. The van der Waals surface area contributed by atoms with Gasteiger partial charge in [-0.2, -0.15) is 0 Å². The molecular weight excluding hydrogens is 849 g/mol. The van der Waals surface area contributed by atoms with E-state index in [1.807, 2.05) is 69.4 Å². The molecule has 0 atom stereocenters. The molecule has 0 amide bonds. The van der Waals surface area contributed by atoms with Gasteiger partial charge in [-0.3, -0.25) is 0 Å². The smallest absolute Gasteiger partial charge is 0.129 e. The molecule has 281 valence electrons. The van der Waals surface area contributed by atoms with Crippen LogP contribution < -0.4 is 0 Å². The van der Waals surface area contributed by atoms with E-state index >= 15 is 0 Å². The van der Waals surface area contributed by atoms with Crippen LogP contribution in [0.1, 0.15) is 107 Å². The Bertz CT molecular complexity index is 2790. The maximum atomic E-state index is 9.37. The van der Waals surface area contributed by atoms with Gasteiger partial charge in [-0.1, -0.05) is 126 Å². The van der Waals surface area contributed by atoms with E-state index in [1.165, 1.54) is 18.2 Å². The summed E-state index contributed by atoms with van der Waals surface area (Å²) >= 11 is 0. The largest absolute Gasteiger partial charge is 0.500 e. The predicted octanol–water partition coefficient (Wildman–Crippen LogP) is 14.3. The molecule has 1 fully saturated rings. The minimum absolute atomic E-state index is 0. The summed E-state index contributed by atoms with van der Waals surface area (Å²) in [5, 5.41) is 6.35. The standard InChI is InChI=1S/C36H34NO.C15H16N.Ir/c1-22-21-37-32(20-31(22)36(2,3)4)30-15-9-14-28-29-19-17-24-16-18-26-25(23-10-6-5-7-11-23)12-8-13-27(26)33(24)35(29)38-34(28)30;1-15(2,3)13-9-10-16-14(11-13)12-7-5-4-6-8-12;/h8-9,12-14,16-21,23H,5-7,10-11H2,1-4H3;4-7,9-11H,1-3H3;/q2*-1;/i1D3,23D;;. The molecule has 3 aromatic heterocycles. The molecule has 1 aliphatic carbocycles. The Hall–Kier alpha value is -4.63. The van der Waals surface area contributed by atoms with Crippen molar-refractivity contribution in [2.45, 2.75) is 97.2 Å². The summed E-state index contributed by atoms with van der Waals surface area (Å²) in [6.07, 6.45) is 8.54. The van der Waals surface area contributed by atoms with E-state index in [-0.39, 0.29) is 36.5 Å². The summed E-state index contributed by atoms with van der Waals surface area (Å²) in [5.41, 5.74) is 8.09. The summed E-state index contributed by atoms with van der Waals surface area (Å²) in [6, 6.07) is 39.5. The second-order valence-electron chi connectivity index (χ2n) is 16.7. The van der Waals surface area contributed by atoms with Gasteiger partial charge in [0.25, 0.3) is 0 Å². The molecule has 0 unspecified atom stereocenters. The van der Waals surface area contributed by atoms with Crippen molar-refractivity contribution in [3.05, 3.63) is 144 Å². The third kappa shape index (κ3) is 7.65. The zero-order chi connectivity index (χ0) is 41.0. The third-order valence-corrected chi connectivity index (χ3v) is 10.9.